The minimum atomic E-state index is 0.229. The molecule has 0 spiro atoms. The van der Waals surface area contributed by atoms with E-state index in [1.165, 1.54) is 32.0 Å². The molecule has 2 rings (SSSR count). The zero-order valence-electron chi connectivity index (χ0n) is 13.2. The fraction of sp³-hybridized carbons (Fsp3) is 0.444. The van der Waals surface area contributed by atoms with Gasteiger partial charge in [-0.3, -0.25) is 0 Å². The number of alkyl halides is 1. The zero-order valence-corrected chi connectivity index (χ0v) is 15.6. The van der Waals surface area contributed by atoms with Crippen molar-refractivity contribution in [3.8, 4) is 0 Å². The predicted octanol–water partition coefficient (Wildman–Crippen LogP) is 6.46. The first-order chi connectivity index (χ1) is 9.20. The van der Waals surface area contributed by atoms with Crippen LogP contribution in [0.5, 0.6) is 0 Å². The molecule has 0 saturated heterocycles. The number of benzene rings is 1. The Labute approximate surface area is 135 Å². The normalized spacial score (nSPS) is 13.6. The number of hydrogen-bond acceptors (Lipinski definition) is 1. The van der Waals surface area contributed by atoms with Crippen LogP contribution in [0.25, 0.3) is 0 Å². The Morgan fingerprint density at radius 1 is 1.00 bits per heavy atom. The lowest BCUT2D eigenvalue weighted by Gasteiger charge is -2.17. The van der Waals surface area contributed by atoms with Gasteiger partial charge in [0.25, 0.3) is 0 Å². The lowest BCUT2D eigenvalue weighted by Crippen LogP contribution is -2.07. The lowest BCUT2D eigenvalue weighted by molar-refractivity contribution is 0.604. The van der Waals surface area contributed by atoms with E-state index in [-0.39, 0.29) is 5.41 Å². The van der Waals surface area contributed by atoms with Gasteiger partial charge in [0.1, 0.15) is 0 Å². The molecule has 20 heavy (non-hydrogen) atoms. The highest BCUT2D eigenvalue weighted by molar-refractivity contribution is 9.09. The van der Waals surface area contributed by atoms with E-state index in [0.29, 0.717) is 4.83 Å². The summed E-state index contributed by atoms with van der Waals surface area (Å²) in [4.78, 5) is 3.13. The van der Waals surface area contributed by atoms with Gasteiger partial charge < -0.3 is 0 Å². The highest BCUT2D eigenvalue weighted by Gasteiger charge is 2.21. The standard InChI is InChI=1S/C18H23BrS/c1-11-9-12(2)16(13(3)10-11)17(19)14-7-8-15(20-14)18(4,5)6/h7-10,17H,1-6H3. The molecule has 1 aromatic carbocycles. The molecule has 1 heterocycles. The number of hydrogen-bond donors (Lipinski definition) is 0. The van der Waals surface area contributed by atoms with E-state index in [9.17, 15) is 0 Å². The maximum absolute atomic E-state index is 3.91. The average Bonchev–Trinajstić information content (AvgIpc) is 2.75. The van der Waals surface area contributed by atoms with E-state index in [0.717, 1.165) is 0 Å². The van der Waals surface area contributed by atoms with Crippen molar-refractivity contribution in [1.82, 2.24) is 0 Å². The topological polar surface area (TPSA) is 0 Å². The average molecular weight is 351 g/mol. The molecule has 0 saturated carbocycles. The first kappa shape index (κ1) is 15.8. The van der Waals surface area contributed by atoms with E-state index >= 15 is 0 Å². The van der Waals surface area contributed by atoms with Gasteiger partial charge in [0, 0.05) is 9.75 Å². The molecule has 0 fully saturated rings. The summed E-state index contributed by atoms with van der Waals surface area (Å²) >= 11 is 5.83. The molecule has 1 unspecified atom stereocenters. The molecule has 0 amide bonds. The first-order valence-corrected chi connectivity index (χ1v) is 8.75. The third kappa shape index (κ3) is 3.17. The second kappa shape index (κ2) is 5.65. The van der Waals surface area contributed by atoms with Gasteiger partial charge in [0.05, 0.1) is 4.83 Å². The second-order valence-electron chi connectivity index (χ2n) is 6.63. The monoisotopic (exact) mass is 350 g/mol. The van der Waals surface area contributed by atoms with Crippen LogP contribution < -0.4 is 0 Å². The highest BCUT2D eigenvalue weighted by atomic mass is 79.9. The van der Waals surface area contributed by atoms with E-state index in [4.69, 9.17) is 0 Å². The third-order valence-corrected chi connectivity index (χ3v) is 6.44. The van der Waals surface area contributed by atoms with Crippen LogP contribution in [0, 0.1) is 20.8 Å². The van der Waals surface area contributed by atoms with Crippen LogP contribution in [-0.2, 0) is 5.41 Å². The summed E-state index contributed by atoms with van der Waals surface area (Å²) in [6, 6.07) is 9.08. The zero-order chi connectivity index (χ0) is 15.1. The minimum Gasteiger partial charge on any atom is -0.143 e. The Balaban J connectivity index is 2.42. The van der Waals surface area contributed by atoms with Crippen molar-refractivity contribution < 1.29 is 0 Å². The number of thiophene rings is 1. The van der Waals surface area contributed by atoms with Gasteiger partial charge in [0.15, 0.2) is 0 Å². The van der Waals surface area contributed by atoms with Gasteiger partial charge in [-0.05, 0) is 55.0 Å². The molecule has 0 aliphatic carbocycles. The summed E-state index contributed by atoms with van der Waals surface area (Å²) in [5.41, 5.74) is 5.72. The van der Waals surface area contributed by atoms with Crippen LogP contribution in [0.4, 0.5) is 0 Å². The molecule has 1 aromatic heterocycles. The maximum atomic E-state index is 3.91. The van der Waals surface area contributed by atoms with Gasteiger partial charge in [0.2, 0.25) is 0 Å². The molecule has 108 valence electrons. The number of halogens is 1. The van der Waals surface area contributed by atoms with Crippen molar-refractivity contribution in [3.05, 3.63) is 56.3 Å². The van der Waals surface area contributed by atoms with Crippen molar-refractivity contribution >= 4 is 27.3 Å². The fourth-order valence-electron chi connectivity index (χ4n) is 2.63. The van der Waals surface area contributed by atoms with Crippen molar-refractivity contribution in [2.75, 3.05) is 0 Å². The molecule has 0 N–H and O–H groups in total. The fourth-order valence-corrected chi connectivity index (χ4v) is 4.83. The SMILES string of the molecule is Cc1cc(C)c(C(Br)c2ccc(C(C)(C)C)s2)c(C)c1. The van der Waals surface area contributed by atoms with Crippen LogP contribution in [0.15, 0.2) is 24.3 Å². The first-order valence-electron chi connectivity index (χ1n) is 7.02. The summed E-state index contributed by atoms with van der Waals surface area (Å²) in [5.74, 6) is 0. The van der Waals surface area contributed by atoms with Crippen molar-refractivity contribution in [3.63, 3.8) is 0 Å². The van der Waals surface area contributed by atoms with E-state index in [2.05, 4.69) is 81.7 Å². The van der Waals surface area contributed by atoms with E-state index < -0.39 is 0 Å². The Hall–Kier alpha value is -0.600. The molecule has 0 nitrogen and oxygen atoms in total. The van der Waals surface area contributed by atoms with Gasteiger partial charge in [-0.2, -0.15) is 0 Å². The van der Waals surface area contributed by atoms with Gasteiger partial charge >= 0.3 is 0 Å². The molecule has 0 aliphatic rings. The van der Waals surface area contributed by atoms with Gasteiger partial charge in [-0.1, -0.05) is 54.4 Å². The molecule has 0 aliphatic heterocycles. The molecular formula is C18H23BrS. The summed E-state index contributed by atoms with van der Waals surface area (Å²) < 4.78 is 0. The molecule has 0 bridgehead atoms. The minimum absolute atomic E-state index is 0.229. The largest absolute Gasteiger partial charge is 0.143 e. The second-order valence-corrected chi connectivity index (χ2v) is 8.66. The summed E-state index contributed by atoms with van der Waals surface area (Å²) in [6.07, 6.45) is 0. The van der Waals surface area contributed by atoms with Crippen LogP contribution in [0.2, 0.25) is 0 Å². The maximum Gasteiger partial charge on any atom is 0.0743 e. The molecule has 1 atom stereocenters. The van der Waals surface area contributed by atoms with Gasteiger partial charge in [-0.25, -0.2) is 0 Å². The van der Waals surface area contributed by atoms with Crippen LogP contribution in [0.1, 0.15) is 57.6 Å². The highest BCUT2D eigenvalue weighted by Crippen LogP contribution is 2.41. The van der Waals surface area contributed by atoms with Crippen molar-refractivity contribution in [2.24, 2.45) is 0 Å². The van der Waals surface area contributed by atoms with Gasteiger partial charge in [-0.15, -0.1) is 11.3 Å². The summed E-state index contributed by atoms with van der Waals surface area (Å²) in [5, 5.41) is 0. The number of aryl methyl sites for hydroxylation is 3. The molecule has 2 aromatic rings. The summed E-state index contributed by atoms with van der Waals surface area (Å²) in [6.45, 7) is 13.4. The predicted molar refractivity (Wildman–Crippen MR) is 94.4 cm³/mol. The lowest BCUT2D eigenvalue weighted by atomic mass is 9.94. The molecule has 0 radical (unpaired) electrons. The third-order valence-electron chi connectivity index (χ3n) is 3.61. The quantitative estimate of drug-likeness (QED) is 0.545. The van der Waals surface area contributed by atoms with E-state index in [1.807, 2.05) is 11.3 Å². The van der Waals surface area contributed by atoms with Crippen molar-refractivity contribution in [1.29, 1.82) is 0 Å². The van der Waals surface area contributed by atoms with Crippen molar-refractivity contribution in [2.45, 2.75) is 51.8 Å². The molecular weight excluding hydrogens is 328 g/mol. The Morgan fingerprint density at radius 3 is 2.00 bits per heavy atom. The van der Waals surface area contributed by atoms with Crippen LogP contribution in [-0.4, -0.2) is 0 Å². The Kier molecular flexibility index (Phi) is 4.46. The smallest absolute Gasteiger partial charge is 0.0743 e. The van der Waals surface area contributed by atoms with Crippen LogP contribution >= 0.6 is 27.3 Å². The Morgan fingerprint density at radius 2 is 1.55 bits per heavy atom. The van der Waals surface area contributed by atoms with Crippen LogP contribution in [0.3, 0.4) is 0 Å². The van der Waals surface area contributed by atoms with E-state index in [1.54, 1.807) is 0 Å². The Bertz CT molecular complexity index is 594. The summed E-state index contributed by atoms with van der Waals surface area (Å²) in [7, 11) is 0. The number of rotatable bonds is 2. The molecule has 2 heteroatoms.